The Morgan fingerprint density at radius 2 is 2.06 bits per heavy atom. The van der Waals surface area contributed by atoms with Gasteiger partial charge in [-0.15, -0.1) is 0 Å². The monoisotopic (exact) mass is 227 g/mol. The van der Waals surface area contributed by atoms with Crippen LogP contribution >= 0.6 is 0 Å². The highest BCUT2D eigenvalue weighted by molar-refractivity contribution is 5.73. The number of carboxylic acids is 1. The molecule has 2 atom stereocenters. The van der Waals surface area contributed by atoms with E-state index in [9.17, 15) is 4.79 Å². The average molecular weight is 227 g/mol. The molecule has 2 N–H and O–H groups in total. The minimum atomic E-state index is -0.696. The van der Waals surface area contributed by atoms with Crippen molar-refractivity contribution < 1.29 is 9.90 Å². The van der Waals surface area contributed by atoms with E-state index in [4.69, 9.17) is 5.11 Å². The Balaban J connectivity index is 2.37. The molecule has 0 spiro atoms. The lowest BCUT2D eigenvalue weighted by Gasteiger charge is -2.24. The number of carboxylic acid groups (broad SMARTS) is 1. The second-order valence-electron chi connectivity index (χ2n) is 5.03. The first-order valence-corrected chi connectivity index (χ1v) is 6.64. The number of unbranched alkanes of at least 4 members (excludes halogenated alkanes) is 1. The van der Waals surface area contributed by atoms with E-state index in [0.29, 0.717) is 12.0 Å². The first kappa shape index (κ1) is 13.5. The maximum atomic E-state index is 11.1. The zero-order valence-electron chi connectivity index (χ0n) is 10.5. The third-order valence-electron chi connectivity index (χ3n) is 3.72. The molecule has 0 heterocycles. The Kier molecular flexibility index (Phi) is 5.81. The van der Waals surface area contributed by atoms with Crippen LogP contribution in [0.2, 0.25) is 0 Å². The third-order valence-corrected chi connectivity index (χ3v) is 3.72. The summed E-state index contributed by atoms with van der Waals surface area (Å²) in [5.74, 6) is -0.0122. The Hall–Kier alpha value is -0.570. The number of rotatable bonds is 7. The minimum absolute atomic E-state index is 0.348. The first-order chi connectivity index (χ1) is 7.65. The smallest absolute Gasteiger partial charge is 0.320 e. The number of hydrogen-bond acceptors (Lipinski definition) is 2. The predicted octanol–water partition coefficient (Wildman–Crippen LogP) is 2.80. The molecule has 0 aromatic rings. The lowest BCUT2D eigenvalue weighted by Crippen LogP contribution is -2.44. The molecule has 0 aromatic carbocycles. The van der Waals surface area contributed by atoms with E-state index in [2.05, 4.69) is 19.2 Å². The standard InChI is InChI=1S/C13H25NO2/c1-3-4-9-12(13(15)16)14-10(2)11-7-5-6-8-11/h10-12,14H,3-9H2,1-2H3,(H,15,16)/t10?,12-/m0/s1. The van der Waals surface area contributed by atoms with Crippen molar-refractivity contribution >= 4 is 5.97 Å². The van der Waals surface area contributed by atoms with Gasteiger partial charge in [-0.3, -0.25) is 4.79 Å². The molecule has 0 amide bonds. The zero-order chi connectivity index (χ0) is 12.0. The molecule has 0 bridgehead atoms. The average Bonchev–Trinajstić information content (AvgIpc) is 2.76. The van der Waals surface area contributed by atoms with Gasteiger partial charge in [0.25, 0.3) is 0 Å². The molecule has 1 rings (SSSR count). The number of aliphatic carboxylic acids is 1. The normalized spacial score (nSPS) is 20.9. The van der Waals surface area contributed by atoms with E-state index in [-0.39, 0.29) is 6.04 Å². The highest BCUT2D eigenvalue weighted by Crippen LogP contribution is 2.27. The summed E-state index contributed by atoms with van der Waals surface area (Å²) in [6.45, 7) is 4.23. The molecule has 0 aliphatic heterocycles. The summed E-state index contributed by atoms with van der Waals surface area (Å²) in [6.07, 6.45) is 7.93. The fraction of sp³-hybridized carbons (Fsp3) is 0.923. The summed E-state index contributed by atoms with van der Waals surface area (Å²) in [4.78, 5) is 11.1. The second-order valence-corrected chi connectivity index (χ2v) is 5.03. The summed E-state index contributed by atoms with van der Waals surface area (Å²) >= 11 is 0. The Morgan fingerprint density at radius 3 is 2.56 bits per heavy atom. The molecule has 3 nitrogen and oxygen atoms in total. The van der Waals surface area contributed by atoms with Gasteiger partial charge in [0.2, 0.25) is 0 Å². The summed E-state index contributed by atoms with van der Waals surface area (Å²) in [6, 6.07) is -0.00370. The topological polar surface area (TPSA) is 49.3 Å². The quantitative estimate of drug-likeness (QED) is 0.703. The lowest BCUT2D eigenvalue weighted by atomic mass is 9.98. The van der Waals surface area contributed by atoms with Gasteiger partial charge in [0.1, 0.15) is 6.04 Å². The van der Waals surface area contributed by atoms with Crippen LogP contribution in [0.4, 0.5) is 0 Å². The maximum absolute atomic E-state index is 11.1. The molecule has 1 fully saturated rings. The molecule has 1 unspecified atom stereocenters. The minimum Gasteiger partial charge on any atom is -0.480 e. The first-order valence-electron chi connectivity index (χ1n) is 6.64. The number of nitrogens with one attached hydrogen (secondary N) is 1. The van der Waals surface area contributed by atoms with Crippen LogP contribution in [0.25, 0.3) is 0 Å². The molecular weight excluding hydrogens is 202 g/mol. The van der Waals surface area contributed by atoms with Crippen LogP contribution in [-0.4, -0.2) is 23.2 Å². The molecule has 1 aliphatic carbocycles. The van der Waals surface area contributed by atoms with Gasteiger partial charge in [-0.2, -0.15) is 0 Å². The fourth-order valence-electron chi connectivity index (χ4n) is 2.60. The summed E-state index contributed by atoms with van der Waals surface area (Å²) in [5, 5.41) is 12.4. The van der Waals surface area contributed by atoms with Gasteiger partial charge < -0.3 is 10.4 Å². The van der Waals surface area contributed by atoms with Crippen LogP contribution in [0.15, 0.2) is 0 Å². The van der Waals surface area contributed by atoms with E-state index >= 15 is 0 Å². The van der Waals surface area contributed by atoms with Crippen LogP contribution in [-0.2, 0) is 4.79 Å². The molecule has 0 radical (unpaired) electrons. The van der Waals surface area contributed by atoms with E-state index in [1.807, 2.05) is 0 Å². The Morgan fingerprint density at radius 1 is 1.44 bits per heavy atom. The van der Waals surface area contributed by atoms with E-state index in [1.165, 1.54) is 25.7 Å². The van der Waals surface area contributed by atoms with Crippen LogP contribution in [0.5, 0.6) is 0 Å². The number of carbonyl (C=O) groups is 1. The van der Waals surface area contributed by atoms with E-state index in [0.717, 1.165) is 19.3 Å². The van der Waals surface area contributed by atoms with Gasteiger partial charge in [0.05, 0.1) is 0 Å². The maximum Gasteiger partial charge on any atom is 0.320 e. The largest absolute Gasteiger partial charge is 0.480 e. The van der Waals surface area contributed by atoms with Crippen molar-refractivity contribution in [2.24, 2.45) is 5.92 Å². The molecule has 94 valence electrons. The van der Waals surface area contributed by atoms with Gasteiger partial charge in [0.15, 0.2) is 0 Å². The molecule has 16 heavy (non-hydrogen) atoms. The van der Waals surface area contributed by atoms with E-state index < -0.39 is 5.97 Å². The van der Waals surface area contributed by atoms with E-state index in [1.54, 1.807) is 0 Å². The molecule has 1 saturated carbocycles. The number of hydrogen-bond donors (Lipinski definition) is 2. The summed E-state index contributed by atoms with van der Waals surface area (Å²) in [7, 11) is 0. The van der Waals surface area contributed by atoms with Crippen molar-refractivity contribution in [3.63, 3.8) is 0 Å². The molecule has 0 saturated heterocycles. The molecule has 1 aliphatic rings. The summed E-state index contributed by atoms with van der Waals surface area (Å²) < 4.78 is 0. The Labute approximate surface area is 98.6 Å². The van der Waals surface area contributed by atoms with Crippen LogP contribution < -0.4 is 5.32 Å². The van der Waals surface area contributed by atoms with Gasteiger partial charge in [-0.25, -0.2) is 0 Å². The second kappa shape index (κ2) is 6.89. The van der Waals surface area contributed by atoms with Crippen molar-refractivity contribution in [2.75, 3.05) is 0 Å². The van der Waals surface area contributed by atoms with Crippen LogP contribution in [0, 0.1) is 5.92 Å². The van der Waals surface area contributed by atoms with Crippen molar-refractivity contribution in [1.29, 1.82) is 0 Å². The summed E-state index contributed by atoms with van der Waals surface area (Å²) in [5.41, 5.74) is 0. The predicted molar refractivity (Wildman–Crippen MR) is 65.5 cm³/mol. The highest BCUT2D eigenvalue weighted by Gasteiger charge is 2.25. The van der Waals surface area contributed by atoms with Crippen LogP contribution in [0.1, 0.15) is 58.8 Å². The SMILES string of the molecule is CCCC[C@H](NC(C)C1CCCC1)C(=O)O. The molecule has 3 heteroatoms. The van der Waals surface area contributed by atoms with Gasteiger partial charge in [0, 0.05) is 6.04 Å². The van der Waals surface area contributed by atoms with Gasteiger partial charge >= 0.3 is 5.97 Å². The van der Waals surface area contributed by atoms with Gasteiger partial charge in [-0.05, 0) is 32.1 Å². The van der Waals surface area contributed by atoms with Crippen molar-refractivity contribution in [1.82, 2.24) is 5.32 Å². The van der Waals surface area contributed by atoms with Gasteiger partial charge in [-0.1, -0.05) is 32.6 Å². The lowest BCUT2D eigenvalue weighted by molar-refractivity contribution is -0.140. The fourth-order valence-corrected chi connectivity index (χ4v) is 2.60. The highest BCUT2D eigenvalue weighted by atomic mass is 16.4. The van der Waals surface area contributed by atoms with Crippen molar-refractivity contribution in [3.8, 4) is 0 Å². The third kappa shape index (κ3) is 4.12. The van der Waals surface area contributed by atoms with Crippen molar-refractivity contribution in [2.45, 2.75) is 70.9 Å². The molecule has 0 aromatic heterocycles. The zero-order valence-corrected chi connectivity index (χ0v) is 10.5. The Bertz CT molecular complexity index is 212. The molecular formula is C13H25NO2. The van der Waals surface area contributed by atoms with Crippen molar-refractivity contribution in [3.05, 3.63) is 0 Å². The van der Waals surface area contributed by atoms with Crippen LogP contribution in [0.3, 0.4) is 0 Å².